The molecular formula is C13H15F3N4. The lowest BCUT2D eigenvalue weighted by molar-refractivity contribution is -0.142. The van der Waals surface area contributed by atoms with Crippen molar-refractivity contribution in [2.24, 2.45) is 0 Å². The van der Waals surface area contributed by atoms with Crippen LogP contribution in [0.15, 0.2) is 24.4 Å². The molecular weight excluding hydrogens is 269 g/mol. The lowest BCUT2D eigenvalue weighted by Crippen LogP contribution is -2.17. The first-order valence-corrected chi connectivity index (χ1v) is 6.15. The fourth-order valence-electron chi connectivity index (χ4n) is 1.85. The maximum Gasteiger partial charge on any atom is 0.433 e. The van der Waals surface area contributed by atoms with E-state index in [1.54, 1.807) is 12.1 Å². The Morgan fingerprint density at radius 3 is 2.60 bits per heavy atom. The van der Waals surface area contributed by atoms with E-state index in [1.165, 1.54) is 13.1 Å². The van der Waals surface area contributed by atoms with E-state index in [-0.39, 0.29) is 11.9 Å². The minimum absolute atomic E-state index is 0.0731. The average Bonchev–Trinajstić information content (AvgIpc) is 2.71. The van der Waals surface area contributed by atoms with Gasteiger partial charge in [0.1, 0.15) is 5.69 Å². The van der Waals surface area contributed by atoms with Gasteiger partial charge in [0.25, 0.3) is 0 Å². The molecule has 0 saturated heterocycles. The number of rotatable bonds is 3. The van der Waals surface area contributed by atoms with Crippen LogP contribution < -0.4 is 5.32 Å². The van der Waals surface area contributed by atoms with E-state index in [4.69, 9.17) is 0 Å². The van der Waals surface area contributed by atoms with Crippen LogP contribution in [0.2, 0.25) is 0 Å². The van der Waals surface area contributed by atoms with Crippen LogP contribution in [0.5, 0.6) is 0 Å². The van der Waals surface area contributed by atoms with E-state index in [0.717, 1.165) is 10.7 Å². The molecule has 0 saturated carbocycles. The Morgan fingerprint density at radius 2 is 2.00 bits per heavy atom. The third-order valence-corrected chi connectivity index (χ3v) is 2.55. The summed E-state index contributed by atoms with van der Waals surface area (Å²) in [6, 6.07) is 4.43. The van der Waals surface area contributed by atoms with Crippen molar-refractivity contribution in [3.05, 3.63) is 35.8 Å². The normalized spacial score (nSPS) is 11.9. The van der Waals surface area contributed by atoms with Gasteiger partial charge in [-0.05, 0) is 39.0 Å². The number of alkyl halides is 3. The zero-order valence-corrected chi connectivity index (χ0v) is 11.4. The lowest BCUT2D eigenvalue weighted by atomic mass is 10.3. The summed E-state index contributed by atoms with van der Waals surface area (Å²) in [5, 5.41) is 6.98. The van der Waals surface area contributed by atoms with Gasteiger partial charge in [-0.15, -0.1) is 0 Å². The molecule has 2 heterocycles. The summed E-state index contributed by atoms with van der Waals surface area (Å²) < 4.78 is 39.9. The molecule has 0 spiro atoms. The third-order valence-electron chi connectivity index (χ3n) is 2.55. The van der Waals surface area contributed by atoms with Crippen molar-refractivity contribution in [3.8, 4) is 5.82 Å². The minimum Gasteiger partial charge on any atom is -0.380 e. The molecule has 2 aromatic rings. The second kappa shape index (κ2) is 5.15. The van der Waals surface area contributed by atoms with Crippen LogP contribution in [0.1, 0.15) is 25.2 Å². The van der Waals surface area contributed by atoms with Crippen LogP contribution in [0, 0.1) is 6.92 Å². The Morgan fingerprint density at radius 1 is 1.30 bits per heavy atom. The van der Waals surface area contributed by atoms with Crippen LogP contribution in [-0.2, 0) is 6.18 Å². The van der Waals surface area contributed by atoms with Crippen LogP contribution in [0.25, 0.3) is 5.82 Å². The van der Waals surface area contributed by atoms with Gasteiger partial charge in [-0.25, -0.2) is 9.67 Å². The third kappa shape index (κ3) is 2.92. The van der Waals surface area contributed by atoms with Gasteiger partial charge >= 0.3 is 6.18 Å². The number of aromatic nitrogens is 3. The molecule has 0 aromatic carbocycles. The van der Waals surface area contributed by atoms with Gasteiger partial charge in [-0.3, -0.25) is 0 Å². The van der Waals surface area contributed by atoms with Crippen molar-refractivity contribution in [1.29, 1.82) is 0 Å². The molecule has 0 fully saturated rings. The first-order valence-electron chi connectivity index (χ1n) is 6.15. The topological polar surface area (TPSA) is 42.7 Å². The highest BCUT2D eigenvalue weighted by molar-refractivity contribution is 5.57. The van der Waals surface area contributed by atoms with Gasteiger partial charge in [0.2, 0.25) is 0 Å². The standard InChI is InChI=1S/C13H15F3N4/c1-8(2)18-10-5-4-6-17-12(10)20-11(13(14,15)16)7-9(3)19-20/h4-8,18H,1-3H3. The zero-order chi connectivity index (χ0) is 14.9. The molecule has 0 radical (unpaired) electrons. The summed E-state index contributed by atoms with van der Waals surface area (Å²) >= 11 is 0. The molecule has 108 valence electrons. The van der Waals surface area contributed by atoms with Crippen molar-refractivity contribution in [2.75, 3.05) is 5.32 Å². The molecule has 20 heavy (non-hydrogen) atoms. The van der Waals surface area contributed by atoms with Crippen LogP contribution in [-0.4, -0.2) is 20.8 Å². The Labute approximate surface area is 114 Å². The molecule has 4 nitrogen and oxygen atoms in total. The molecule has 0 aliphatic carbocycles. The Kier molecular flexibility index (Phi) is 3.69. The molecule has 0 aliphatic rings. The second-order valence-electron chi connectivity index (χ2n) is 4.75. The van der Waals surface area contributed by atoms with Crippen LogP contribution in [0.3, 0.4) is 0 Å². The Bertz CT molecular complexity index is 602. The minimum atomic E-state index is -4.48. The van der Waals surface area contributed by atoms with Gasteiger partial charge in [0.05, 0.1) is 11.4 Å². The van der Waals surface area contributed by atoms with E-state index in [2.05, 4.69) is 15.4 Å². The fraction of sp³-hybridized carbons (Fsp3) is 0.385. The van der Waals surface area contributed by atoms with E-state index < -0.39 is 11.9 Å². The molecule has 0 unspecified atom stereocenters. The molecule has 2 aromatic heterocycles. The first-order chi connectivity index (χ1) is 9.29. The van der Waals surface area contributed by atoms with E-state index >= 15 is 0 Å². The number of nitrogens with one attached hydrogen (secondary N) is 1. The van der Waals surface area contributed by atoms with Crippen LogP contribution >= 0.6 is 0 Å². The number of pyridine rings is 1. The van der Waals surface area contributed by atoms with Crippen molar-refractivity contribution < 1.29 is 13.2 Å². The van der Waals surface area contributed by atoms with Crippen molar-refractivity contribution in [2.45, 2.75) is 33.0 Å². The molecule has 7 heteroatoms. The summed E-state index contributed by atoms with van der Waals surface area (Å²) in [7, 11) is 0. The van der Waals surface area contributed by atoms with Crippen molar-refractivity contribution in [1.82, 2.24) is 14.8 Å². The summed E-state index contributed by atoms with van der Waals surface area (Å²) in [4.78, 5) is 4.03. The van der Waals surface area contributed by atoms with Gasteiger partial charge < -0.3 is 5.32 Å². The SMILES string of the molecule is Cc1cc(C(F)(F)F)n(-c2ncccc2NC(C)C)n1. The quantitative estimate of drug-likeness (QED) is 0.939. The van der Waals surface area contributed by atoms with Crippen molar-refractivity contribution in [3.63, 3.8) is 0 Å². The smallest absolute Gasteiger partial charge is 0.380 e. The van der Waals surface area contributed by atoms with E-state index in [1.807, 2.05) is 13.8 Å². The number of hydrogen-bond donors (Lipinski definition) is 1. The molecule has 0 aliphatic heterocycles. The number of nitrogens with zero attached hydrogens (tertiary/aromatic N) is 3. The second-order valence-corrected chi connectivity index (χ2v) is 4.75. The molecule has 0 bridgehead atoms. The number of hydrogen-bond acceptors (Lipinski definition) is 3. The summed E-state index contributed by atoms with van der Waals surface area (Å²) in [5.41, 5.74) is -0.0323. The lowest BCUT2D eigenvalue weighted by Gasteiger charge is -2.16. The number of aryl methyl sites for hydroxylation is 1. The van der Waals surface area contributed by atoms with Gasteiger partial charge in [-0.1, -0.05) is 0 Å². The number of anilines is 1. The first kappa shape index (κ1) is 14.4. The fourth-order valence-corrected chi connectivity index (χ4v) is 1.85. The maximum atomic E-state index is 13.0. The summed E-state index contributed by atoms with van der Waals surface area (Å²) in [6.07, 6.45) is -3.04. The zero-order valence-electron chi connectivity index (χ0n) is 11.4. The summed E-state index contributed by atoms with van der Waals surface area (Å²) in [6.45, 7) is 5.32. The van der Waals surface area contributed by atoms with Gasteiger partial charge in [-0.2, -0.15) is 18.3 Å². The number of halogens is 3. The predicted octanol–water partition coefficient (Wildman–Crippen LogP) is 3.41. The van der Waals surface area contributed by atoms with Gasteiger partial charge in [0.15, 0.2) is 5.82 Å². The largest absolute Gasteiger partial charge is 0.433 e. The summed E-state index contributed by atoms with van der Waals surface area (Å²) in [5.74, 6) is 0.140. The molecule has 2 rings (SSSR count). The molecule has 0 amide bonds. The Hall–Kier alpha value is -2.05. The average molecular weight is 284 g/mol. The monoisotopic (exact) mass is 284 g/mol. The van der Waals surface area contributed by atoms with Gasteiger partial charge in [0, 0.05) is 12.2 Å². The highest BCUT2D eigenvalue weighted by Crippen LogP contribution is 2.32. The predicted molar refractivity (Wildman–Crippen MR) is 69.9 cm³/mol. The van der Waals surface area contributed by atoms with E-state index in [0.29, 0.717) is 11.4 Å². The maximum absolute atomic E-state index is 13.0. The Balaban J connectivity index is 2.57. The van der Waals surface area contributed by atoms with Crippen molar-refractivity contribution >= 4 is 5.69 Å². The van der Waals surface area contributed by atoms with E-state index in [9.17, 15) is 13.2 Å². The molecule has 0 atom stereocenters. The van der Waals surface area contributed by atoms with Crippen LogP contribution in [0.4, 0.5) is 18.9 Å². The highest BCUT2D eigenvalue weighted by atomic mass is 19.4. The highest BCUT2D eigenvalue weighted by Gasteiger charge is 2.36. The molecule has 1 N–H and O–H groups in total.